The average molecular weight is 347 g/mol. The third-order valence-corrected chi connectivity index (χ3v) is 5.04. The van der Waals surface area contributed by atoms with E-state index in [1.54, 1.807) is 11.8 Å². The summed E-state index contributed by atoms with van der Waals surface area (Å²) in [5.41, 5.74) is 1.95. The number of aromatic nitrogens is 2. The van der Waals surface area contributed by atoms with Crippen LogP contribution in [0.25, 0.3) is 11.0 Å². The zero-order valence-electron chi connectivity index (χ0n) is 14.1. The molecule has 1 saturated heterocycles. The summed E-state index contributed by atoms with van der Waals surface area (Å²) in [6.07, 6.45) is 6.71. The monoisotopic (exact) mass is 347 g/mol. The molecular weight excluding hydrogens is 322 g/mol. The molecule has 6 heteroatoms. The molecule has 0 bridgehead atoms. The van der Waals surface area contributed by atoms with Gasteiger partial charge in [-0.25, -0.2) is 4.98 Å². The summed E-state index contributed by atoms with van der Waals surface area (Å²) in [5, 5.41) is 3.15. The molecular formula is C18H25N3O2S. The van der Waals surface area contributed by atoms with Gasteiger partial charge >= 0.3 is 0 Å². The van der Waals surface area contributed by atoms with Crippen molar-refractivity contribution in [2.24, 2.45) is 0 Å². The first-order chi connectivity index (χ1) is 11.8. The quantitative estimate of drug-likeness (QED) is 0.768. The molecule has 130 valence electrons. The Bertz CT molecular complexity index is 634. The second-order valence-electron chi connectivity index (χ2n) is 6.21. The molecule has 0 saturated carbocycles. The van der Waals surface area contributed by atoms with E-state index in [9.17, 15) is 4.79 Å². The van der Waals surface area contributed by atoms with Gasteiger partial charge in [-0.3, -0.25) is 4.79 Å². The van der Waals surface area contributed by atoms with Crippen LogP contribution in [0.2, 0.25) is 0 Å². The Hall–Kier alpha value is -1.53. The van der Waals surface area contributed by atoms with Crippen LogP contribution in [-0.4, -0.2) is 40.6 Å². The first kappa shape index (κ1) is 17.3. The fraction of sp³-hybridized carbons (Fsp3) is 0.556. The number of rotatable bonds is 8. The van der Waals surface area contributed by atoms with Crippen molar-refractivity contribution >= 4 is 28.7 Å². The molecule has 1 aliphatic heterocycles. The third-order valence-electron chi connectivity index (χ3n) is 4.40. The van der Waals surface area contributed by atoms with E-state index in [2.05, 4.69) is 21.5 Å². The highest BCUT2D eigenvalue weighted by atomic mass is 32.2. The number of imidazole rings is 1. The SMILES string of the molecule is CSCC[C@H](NC(=O)CC[C@@H]1CCCO1)c1nc2ccccc2[nH]1. The number of para-hydroxylation sites is 2. The van der Waals surface area contributed by atoms with E-state index >= 15 is 0 Å². The van der Waals surface area contributed by atoms with Crippen molar-refractivity contribution in [1.29, 1.82) is 0 Å². The molecule has 0 unspecified atom stereocenters. The van der Waals surface area contributed by atoms with E-state index in [1.807, 2.05) is 24.3 Å². The normalized spacial score (nSPS) is 18.8. The van der Waals surface area contributed by atoms with Gasteiger partial charge in [0, 0.05) is 13.0 Å². The fourth-order valence-electron chi connectivity index (χ4n) is 3.08. The van der Waals surface area contributed by atoms with Crippen LogP contribution in [0.3, 0.4) is 0 Å². The molecule has 2 aromatic rings. The van der Waals surface area contributed by atoms with Crippen LogP contribution < -0.4 is 5.32 Å². The molecule has 0 aliphatic carbocycles. The number of fused-ring (bicyclic) bond motifs is 1. The molecule has 2 atom stereocenters. The Kier molecular flexibility index (Phi) is 6.15. The summed E-state index contributed by atoms with van der Waals surface area (Å²) in [4.78, 5) is 20.3. The summed E-state index contributed by atoms with van der Waals surface area (Å²) in [6, 6.07) is 7.89. The minimum atomic E-state index is -0.0677. The van der Waals surface area contributed by atoms with Gasteiger partial charge < -0.3 is 15.0 Å². The molecule has 0 spiro atoms. The van der Waals surface area contributed by atoms with Crippen LogP contribution >= 0.6 is 11.8 Å². The fourth-order valence-corrected chi connectivity index (χ4v) is 3.55. The number of nitrogens with zero attached hydrogens (tertiary/aromatic N) is 1. The van der Waals surface area contributed by atoms with Gasteiger partial charge in [0.25, 0.3) is 0 Å². The van der Waals surface area contributed by atoms with Crippen molar-refractivity contribution in [2.45, 2.75) is 44.2 Å². The zero-order chi connectivity index (χ0) is 16.8. The van der Waals surface area contributed by atoms with Gasteiger partial charge in [0.2, 0.25) is 5.91 Å². The molecule has 2 heterocycles. The smallest absolute Gasteiger partial charge is 0.220 e. The van der Waals surface area contributed by atoms with E-state index in [4.69, 9.17) is 4.74 Å². The number of carbonyl (C=O) groups is 1. The largest absolute Gasteiger partial charge is 0.378 e. The van der Waals surface area contributed by atoms with Crippen LogP contribution in [0.5, 0.6) is 0 Å². The second-order valence-corrected chi connectivity index (χ2v) is 7.20. The van der Waals surface area contributed by atoms with Crippen molar-refractivity contribution in [1.82, 2.24) is 15.3 Å². The highest BCUT2D eigenvalue weighted by molar-refractivity contribution is 7.98. The maximum atomic E-state index is 12.3. The summed E-state index contributed by atoms with van der Waals surface area (Å²) >= 11 is 1.78. The molecule has 3 rings (SSSR count). The van der Waals surface area contributed by atoms with Crippen molar-refractivity contribution in [3.05, 3.63) is 30.1 Å². The molecule has 1 fully saturated rings. The van der Waals surface area contributed by atoms with Crippen LogP contribution in [0, 0.1) is 0 Å². The lowest BCUT2D eigenvalue weighted by molar-refractivity contribution is -0.122. The molecule has 1 aromatic heterocycles. The Morgan fingerprint density at radius 2 is 2.38 bits per heavy atom. The number of amides is 1. The predicted octanol–water partition coefficient (Wildman–Crippen LogP) is 3.43. The van der Waals surface area contributed by atoms with E-state index in [1.165, 1.54) is 0 Å². The lowest BCUT2D eigenvalue weighted by atomic mass is 10.1. The molecule has 1 aromatic carbocycles. The second kappa shape index (κ2) is 8.53. The van der Waals surface area contributed by atoms with E-state index in [-0.39, 0.29) is 18.1 Å². The van der Waals surface area contributed by atoms with Crippen LogP contribution in [0.4, 0.5) is 0 Å². The summed E-state index contributed by atoms with van der Waals surface area (Å²) in [5.74, 6) is 1.90. The van der Waals surface area contributed by atoms with Crippen molar-refractivity contribution < 1.29 is 9.53 Å². The summed E-state index contributed by atoms with van der Waals surface area (Å²) in [7, 11) is 0. The average Bonchev–Trinajstić information content (AvgIpc) is 3.25. The number of hydrogen-bond donors (Lipinski definition) is 2. The Labute approximate surface area is 146 Å². The number of carbonyl (C=O) groups excluding carboxylic acids is 1. The van der Waals surface area contributed by atoms with E-state index in [0.717, 1.165) is 54.9 Å². The highest BCUT2D eigenvalue weighted by Crippen LogP contribution is 2.21. The number of aromatic amines is 1. The van der Waals surface area contributed by atoms with E-state index < -0.39 is 0 Å². The number of hydrogen-bond acceptors (Lipinski definition) is 4. The Morgan fingerprint density at radius 3 is 3.12 bits per heavy atom. The molecule has 2 N–H and O–H groups in total. The van der Waals surface area contributed by atoms with Gasteiger partial charge in [0.1, 0.15) is 5.82 Å². The molecule has 0 radical (unpaired) electrons. The van der Waals surface area contributed by atoms with Gasteiger partial charge in [0.05, 0.1) is 23.2 Å². The highest BCUT2D eigenvalue weighted by Gasteiger charge is 2.20. The van der Waals surface area contributed by atoms with Gasteiger partial charge in [-0.05, 0) is 49.8 Å². The molecule has 24 heavy (non-hydrogen) atoms. The molecule has 5 nitrogen and oxygen atoms in total. The van der Waals surface area contributed by atoms with Gasteiger partial charge in [-0.2, -0.15) is 11.8 Å². The maximum absolute atomic E-state index is 12.3. The lowest BCUT2D eigenvalue weighted by Crippen LogP contribution is -2.30. The molecule has 1 aliphatic rings. The minimum Gasteiger partial charge on any atom is -0.378 e. The first-order valence-corrected chi connectivity index (χ1v) is 10.00. The van der Waals surface area contributed by atoms with Gasteiger partial charge in [0.15, 0.2) is 0 Å². The predicted molar refractivity (Wildman–Crippen MR) is 98.2 cm³/mol. The van der Waals surface area contributed by atoms with Crippen molar-refractivity contribution in [2.75, 3.05) is 18.6 Å². The standard InChI is InChI=1S/C18H25N3O2S/c1-24-12-10-16(18-20-14-6-2-3-7-15(14)21-18)19-17(22)9-8-13-5-4-11-23-13/h2-3,6-7,13,16H,4-5,8-12H2,1H3,(H,19,22)(H,20,21)/t13-,16-/m0/s1. The maximum Gasteiger partial charge on any atom is 0.220 e. The van der Waals surface area contributed by atoms with E-state index in [0.29, 0.717) is 6.42 Å². The minimum absolute atomic E-state index is 0.0677. The lowest BCUT2D eigenvalue weighted by Gasteiger charge is -2.17. The third kappa shape index (κ3) is 4.51. The number of benzene rings is 1. The van der Waals surface area contributed by atoms with Crippen molar-refractivity contribution in [3.8, 4) is 0 Å². The van der Waals surface area contributed by atoms with Gasteiger partial charge in [-0.1, -0.05) is 12.1 Å². The topological polar surface area (TPSA) is 67.0 Å². The Morgan fingerprint density at radius 1 is 1.50 bits per heavy atom. The van der Waals surface area contributed by atoms with Gasteiger partial charge in [-0.15, -0.1) is 0 Å². The summed E-state index contributed by atoms with van der Waals surface area (Å²) < 4.78 is 5.60. The number of thioether (sulfide) groups is 1. The van der Waals surface area contributed by atoms with Crippen LogP contribution in [-0.2, 0) is 9.53 Å². The number of H-pyrrole nitrogens is 1. The molecule has 1 amide bonds. The number of nitrogens with one attached hydrogen (secondary N) is 2. The van der Waals surface area contributed by atoms with Crippen LogP contribution in [0.1, 0.15) is 44.0 Å². The zero-order valence-corrected chi connectivity index (χ0v) is 14.9. The van der Waals surface area contributed by atoms with Crippen molar-refractivity contribution in [3.63, 3.8) is 0 Å². The number of ether oxygens (including phenoxy) is 1. The first-order valence-electron chi connectivity index (χ1n) is 8.61. The Balaban J connectivity index is 1.62. The summed E-state index contributed by atoms with van der Waals surface area (Å²) in [6.45, 7) is 0.835. The van der Waals surface area contributed by atoms with Crippen LogP contribution in [0.15, 0.2) is 24.3 Å².